The molecule has 0 radical (unpaired) electrons. The molecule has 2 aromatic carbocycles. The van der Waals surface area contributed by atoms with Gasteiger partial charge < -0.3 is 5.32 Å². The number of carbonyl (C=O) groups excluding carboxylic acids is 1. The standard InChI is InChI=1S/C20H26N2O/c1-15(20(23)21-19-9-5-6-10-19)22(2)14-16-11-12-17-7-3-4-8-18(17)13-16/h3-4,7-8,11-13,15,19H,5-6,9-10,14H2,1-2H3,(H,21,23). The lowest BCUT2D eigenvalue weighted by molar-refractivity contribution is -0.126. The summed E-state index contributed by atoms with van der Waals surface area (Å²) in [5.41, 5.74) is 1.24. The van der Waals surface area contributed by atoms with Gasteiger partial charge in [-0.3, -0.25) is 9.69 Å². The predicted molar refractivity (Wildman–Crippen MR) is 95.3 cm³/mol. The summed E-state index contributed by atoms with van der Waals surface area (Å²) in [5.74, 6) is 0.153. The third-order valence-corrected chi connectivity index (χ3v) is 4.99. The van der Waals surface area contributed by atoms with Crippen LogP contribution < -0.4 is 5.32 Å². The van der Waals surface area contributed by atoms with Crippen molar-refractivity contribution in [3.05, 3.63) is 48.0 Å². The zero-order valence-electron chi connectivity index (χ0n) is 14.1. The Morgan fingerprint density at radius 3 is 2.61 bits per heavy atom. The molecule has 0 saturated heterocycles. The quantitative estimate of drug-likeness (QED) is 0.913. The monoisotopic (exact) mass is 310 g/mol. The number of nitrogens with one attached hydrogen (secondary N) is 1. The SMILES string of the molecule is CC(C(=O)NC1CCCC1)N(C)Cc1ccc2ccccc2c1. The summed E-state index contributed by atoms with van der Waals surface area (Å²) in [6.07, 6.45) is 4.75. The van der Waals surface area contributed by atoms with Crippen molar-refractivity contribution in [1.29, 1.82) is 0 Å². The number of hydrogen-bond donors (Lipinski definition) is 1. The topological polar surface area (TPSA) is 32.3 Å². The maximum absolute atomic E-state index is 12.4. The van der Waals surface area contributed by atoms with Gasteiger partial charge in [-0.25, -0.2) is 0 Å². The highest BCUT2D eigenvalue weighted by molar-refractivity contribution is 5.83. The summed E-state index contributed by atoms with van der Waals surface area (Å²) in [6, 6.07) is 15.2. The first kappa shape index (κ1) is 16.0. The van der Waals surface area contributed by atoms with Gasteiger partial charge in [0.05, 0.1) is 6.04 Å². The van der Waals surface area contributed by atoms with Crippen molar-refractivity contribution in [3.63, 3.8) is 0 Å². The Labute approximate surface area is 138 Å². The van der Waals surface area contributed by atoms with Crippen molar-refractivity contribution in [3.8, 4) is 0 Å². The van der Waals surface area contributed by atoms with Crippen molar-refractivity contribution in [2.75, 3.05) is 7.05 Å². The summed E-state index contributed by atoms with van der Waals surface area (Å²) in [5, 5.41) is 5.70. The van der Waals surface area contributed by atoms with Crippen molar-refractivity contribution in [2.24, 2.45) is 0 Å². The Kier molecular flexibility index (Phi) is 4.97. The fourth-order valence-electron chi connectivity index (χ4n) is 3.35. The van der Waals surface area contributed by atoms with Crippen LogP contribution in [0.15, 0.2) is 42.5 Å². The normalized spacial score (nSPS) is 16.8. The summed E-state index contributed by atoms with van der Waals surface area (Å²) in [6.45, 7) is 2.77. The van der Waals surface area contributed by atoms with Gasteiger partial charge in [0.2, 0.25) is 5.91 Å². The van der Waals surface area contributed by atoms with E-state index in [1.54, 1.807) is 0 Å². The lowest BCUT2D eigenvalue weighted by Gasteiger charge is -2.25. The van der Waals surface area contributed by atoms with Crippen LogP contribution in [0.25, 0.3) is 10.8 Å². The summed E-state index contributed by atoms with van der Waals surface area (Å²) >= 11 is 0. The average molecular weight is 310 g/mol. The number of fused-ring (bicyclic) bond motifs is 1. The van der Waals surface area contributed by atoms with Gasteiger partial charge >= 0.3 is 0 Å². The molecule has 2 aromatic rings. The van der Waals surface area contributed by atoms with E-state index in [0.717, 1.165) is 19.4 Å². The van der Waals surface area contributed by atoms with Crippen LogP contribution in [-0.2, 0) is 11.3 Å². The number of rotatable bonds is 5. The molecule has 23 heavy (non-hydrogen) atoms. The van der Waals surface area contributed by atoms with E-state index in [0.29, 0.717) is 6.04 Å². The fourth-order valence-corrected chi connectivity index (χ4v) is 3.35. The Hall–Kier alpha value is -1.87. The molecule has 3 nitrogen and oxygen atoms in total. The van der Waals surface area contributed by atoms with Crippen LogP contribution in [0.2, 0.25) is 0 Å². The van der Waals surface area contributed by atoms with Crippen LogP contribution in [0.4, 0.5) is 0 Å². The smallest absolute Gasteiger partial charge is 0.237 e. The van der Waals surface area contributed by atoms with Gasteiger partial charge in [-0.1, -0.05) is 49.2 Å². The van der Waals surface area contributed by atoms with Crippen LogP contribution in [0.5, 0.6) is 0 Å². The first-order valence-corrected chi connectivity index (χ1v) is 8.62. The molecule has 1 aliphatic carbocycles. The minimum Gasteiger partial charge on any atom is -0.352 e. The van der Waals surface area contributed by atoms with E-state index >= 15 is 0 Å². The maximum Gasteiger partial charge on any atom is 0.237 e. The average Bonchev–Trinajstić information content (AvgIpc) is 3.07. The molecule has 0 aliphatic heterocycles. The van der Waals surface area contributed by atoms with Crippen molar-refractivity contribution < 1.29 is 4.79 Å². The van der Waals surface area contributed by atoms with E-state index in [9.17, 15) is 4.79 Å². The molecular weight excluding hydrogens is 284 g/mol. The minimum absolute atomic E-state index is 0.109. The maximum atomic E-state index is 12.4. The fraction of sp³-hybridized carbons (Fsp3) is 0.450. The molecule has 1 fully saturated rings. The molecule has 3 heteroatoms. The lowest BCUT2D eigenvalue weighted by Crippen LogP contribution is -2.46. The Morgan fingerprint density at radius 1 is 1.17 bits per heavy atom. The highest BCUT2D eigenvalue weighted by Crippen LogP contribution is 2.19. The van der Waals surface area contributed by atoms with E-state index in [1.165, 1.54) is 29.2 Å². The van der Waals surface area contributed by atoms with Crippen molar-refractivity contribution >= 4 is 16.7 Å². The molecule has 1 atom stereocenters. The first-order valence-electron chi connectivity index (χ1n) is 8.62. The predicted octanol–water partition coefficient (Wildman–Crippen LogP) is 3.72. The molecule has 0 heterocycles. The zero-order valence-corrected chi connectivity index (χ0v) is 14.1. The molecule has 1 aliphatic rings. The van der Waals surface area contributed by atoms with E-state index in [4.69, 9.17) is 0 Å². The molecule has 3 rings (SSSR count). The molecule has 1 saturated carbocycles. The van der Waals surface area contributed by atoms with E-state index in [2.05, 4.69) is 52.7 Å². The summed E-state index contributed by atoms with van der Waals surface area (Å²) < 4.78 is 0. The molecule has 122 valence electrons. The third-order valence-electron chi connectivity index (χ3n) is 4.99. The Balaban J connectivity index is 1.62. The highest BCUT2D eigenvalue weighted by Gasteiger charge is 2.23. The molecule has 0 spiro atoms. The number of carbonyl (C=O) groups is 1. The van der Waals surface area contributed by atoms with Crippen molar-refractivity contribution in [1.82, 2.24) is 10.2 Å². The number of amides is 1. The van der Waals surface area contributed by atoms with Gasteiger partial charge in [0.1, 0.15) is 0 Å². The van der Waals surface area contributed by atoms with Crippen LogP contribution in [0.1, 0.15) is 38.2 Å². The third kappa shape index (κ3) is 3.91. The van der Waals surface area contributed by atoms with Crippen molar-refractivity contribution in [2.45, 2.75) is 51.2 Å². The van der Waals surface area contributed by atoms with Crippen LogP contribution >= 0.6 is 0 Å². The minimum atomic E-state index is -0.109. The number of hydrogen-bond acceptors (Lipinski definition) is 2. The van der Waals surface area contributed by atoms with Gasteiger partial charge in [0.25, 0.3) is 0 Å². The molecular formula is C20H26N2O. The van der Waals surface area contributed by atoms with Crippen LogP contribution in [0.3, 0.4) is 0 Å². The van der Waals surface area contributed by atoms with E-state index < -0.39 is 0 Å². The van der Waals surface area contributed by atoms with Gasteiger partial charge in [0, 0.05) is 12.6 Å². The van der Waals surface area contributed by atoms with Crippen LogP contribution in [0, 0.1) is 0 Å². The van der Waals surface area contributed by atoms with Crippen LogP contribution in [-0.4, -0.2) is 29.9 Å². The first-order chi connectivity index (χ1) is 11.1. The molecule has 0 aromatic heterocycles. The number of likely N-dealkylation sites (N-methyl/N-ethyl adjacent to an activating group) is 1. The number of nitrogens with zero attached hydrogens (tertiary/aromatic N) is 1. The second-order valence-corrected chi connectivity index (χ2v) is 6.76. The molecule has 1 N–H and O–H groups in total. The van der Waals surface area contributed by atoms with Gasteiger partial charge in [-0.05, 0) is 49.2 Å². The largest absolute Gasteiger partial charge is 0.352 e. The molecule has 1 unspecified atom stereocenters. The Morgan fingerprint density at radius 2 is 1.87 bits per heavy atom. The van der Waals surface area contributed by atoms with E-state index in [-0.39, 0.29) is 11.9 Å². The second kappa shape index (κ2) is 7.14. The second-order valence-electron chi connectivity index (χ2n) is 6.76. The zero-order chi connectivity index (χ0) is 16.2. The molecule has 0 bridgehead atoms. The van der Waals surface area contributed by atoms with Gasteiger partial charge in [-0.15, -0.1) is 0 Å². The van der Waals surface area contributed by atoms with E-state index in [1.807, 2.05) is 14.0 Å². The lowest BCUT2D eigenvalue weighted by atomic mass is 10.1. The molecule has 1 amide bonds. The van der Waals surface area contributed by atoms with Gasteiger partial charge in [-0.2, -0.15) is 0 Å². The Bertz CT molecular complexity index is 676. The summed E-state index contributed by atoms with van der Waals surface area (Å²) in [7, 11) is 2.02. The van der Waals surface area contributed by atoms with Gasteiger partial charge in [0.15, 0.2) is 0 Å². The highest BCUT2D eigenvalue weighted by atomic mass is 16.2. The number of benzene rings is 2. The summed E-state index contributed by atoms with van der Waals surface area (Å²) in [4.78, 5) is 14.5.